The summed E-state index contributed by atoms with van der Waals surface area (Å²) in [6.07, 6.45) is 0. The van der Waals surface area contributed by atoms with Crippen LogP contribution in [0.5, 0.6) is 11.5 Å². The van der Waals surface area contributed by atoms with Crippen molar-refractivity contribution < 1.29 is 9.53 Å². The van der Waals surface area contributed by atoms with Crippen molar-refractivity contribution in [2.24, 2.45) is 5.73 Å². The van der Waals surface area contributed by atoms with Crippen LogP contribution in [0.1, 0.15) is 32.6 Å². The molecule has 0 aliphatic carbocycles. The monoisotopic (exact) mass is 352 g/mol. The third-order valence-corrected chi connectivity index (χ3v) is 4.22. The zero-order chi connectivity index (χ0) is 18.7. The number of nitrogens with one attached hydrogen (secondary N) is 1. The van der Waals surface area contributed by atoms with Gasteiger partial charge in [-0.15, -0.1) is 0 Å². The maximum atomic E-state index is 11.2. The number of ether oxygens (including phenoxy) is 1. The summed E-state index contributed by atoms with van der Waals surface area (Å²) >= 11 is 0. The number of imidazole rings is 1. The van der Waals surface area contributed by atoms with Crippen LogP contribution < -0.4 is 15.8 Å². The van der Waals surface area contributed by atoms with Gasteiger partial charge in [-0.1, -0.05) is 18.2 Å². The Bertz CT molecular complexity index is 903. The summed E-state index contributed by atoms with van der Waals surface area (Å²) in [5.41, 5.74) is 7.21. The van der Waals surface area contributed by atoms with E-state index in [1.165, 1.54) is 0 Å². The van der Waals surface area contributed by atoms with Gasteiger partial charge in [-0.2, -0.15) is 0 Å². The summed E-state index contributed by atoms with van der Waals surface area (Å²) in [7, 11) is 0. The molecule has 6 nitrogen and oxygen atoms in total. The second-order valence-electron chi connectivity index (χ2n) is 6.56. The lowest BCUT2D eigenvalue weighted by Gasteiger charge is -2.15. The number of nitrogens with two attached hydrogens (primary N) is 1. The second-order valence-corrected chi connectivity index (χ2v) is 6.56. The Hall–Kier alpha value is -2.86. The molecule has 1 amide bonds. The largest absolute Gasteiger partial charge is 0.457 e. The lowest BCUT2D eigenvalue weighted by Crippen LogP contribution is -2.38. The number of hydrogen-bond donors (Lipinski definition) is 2. The first-order valence-corrected chi connectivity index (χ1v) is 8.72. The molecule has 136 valence electrons. The minimum atomic E-state index is -0.410. The van der Waals surface area contributed by atoms with Gasteiger partial charge in [0.15, 0.2) is 0 Å². The van der Waals surface area contributed by atoms with Crippen LogP contribution >= 0.6 is 0 Å². The summed E-state index contributed by atoms with van der Waals surface area (Å²) in [5, 5.41) is 3.12. The van der Waals surface area contributed by atoms with Crippen molar-refractivity contribution in [2.75, 3.05) is 0 Å². The van der Waals surface area contributed by atoms with E-state index < -0.39 is 6.04 Å². The molecule has 3 aromatic rings. The molecule has 3 N–H and O–H groups in total. The summed E-state index contributed by atoms with van der Waals surface area (Å²) < 4.78 is 8.09. The Morgan fingerprint density at radius 3 is 2.54 bits per heavy atom. The van der Waals surface area contributed by atoms with Gasteiger partial charge in [0.05, 0.1) is 23.6 Å². The van der Waals surface area contributed by atoms with E-state index in [1.807, 2.05) is 48.5 Å². The number of fused-ring (bicyclic) bond motifs is 1. The Labute approximate surface area is 153 Å². The van der Waals surface area contributed by atoms with E-state index in [9.17, 15) is 4.79 Å². The molecule has 0 saturated carbocycles. The third-order valence-electron chi connectivity index (χ3n) is 4.22. The predicted octanol–water partition coefficient (Wildman–Crippen LogP) is 3.37. The number of aromatic nitrogens is 2. The van der Waals surface area contributed by atoms with Gasteiger partial charge in [0.25, 0.3) is 0 Å². The molecular weight excluding hydrogens is 328 g/mol. The fourth-order valence-corrected chi connectivity index (χ4v) is 2.86. The number of primary amides is 1. The maximum Gasteiger partial charge on any atom is 0.234 e. The fraction of sp³-hybridized carbons (Fsp3) is 0.300. The first-order valence-electron chi connectivity index (χ1n) is 8.72. The smallest absolute Gasteiger partial charge is 0.234 e. The van der Waals surface area contributed by atoms with Crippen molar-refractivity contribution in [1.82, 2.24) is 14.9 Å². The highest BCUT2D eigenvalue weighted by atomic mass is 16.5. The highest BCUT2D eigenvalue weighted by Crippen LogP contribution is 2.28. The van der Waals surface area contributed by atoms with E-state index in [-0.39, 0.29) is 11.9 Å². The van der Waals surface area contributed by atoms with E-state index in [0.717, 1.165) is 28.4 Å². The Morgan fingerprint density at radius 1 is 1.15 bits per heavy atom. The Kier molecular flexibility index (Phi) is 5.23. The van der Waals surface area contributed by atoms with Crippen LogP contribution in [0.25, 0.3) is 11.0 Å². The number of nitrogens with zero attached hydrogens (tertiary/aromatic N) is 2. The zero-order valence-corrected chi connectivity index (χ0v) is 15.3. The van der Waals surface area contributed by atoms with Crippen LogP contribution in [0.3, 0.4) is 0 Å². The van der Waals surface area contributed by atoms with Crippen LogP contribution in [0, 0.1) is 0 Å². The molecule has 0 aliphatic heterocycles. The van der Waals surface area contributed by atoms with Gasteiger partial charge in [-0.25, -0.2) is 4.98 Å². The van der Waals surface area contributed by atoms with E-state index >= 15 is 0 Å². The molecule has 26 heavy (non-hydrogen) atoms. The van der Waals surface area contributed by atoms with Crippen LogP contribution in [0.2, 0.25) is 0 Å². The van der Waals surface area contributed by atoms with E-state index in [1.54, 1.807) is 6.92 Å². The quantitative estimate of drug-likeness (QED) is 0.683. The summed E-state index contributed by atoms with van der Waals surface area (Å²) in [6.45, 7) is 6.42. The van der Waals surface area contributed by atoms with Crippen molar-refractivity contribution >= 4 is 16.9 Å². The number of amides is 1. The predicted molar refractivity (Wildman–Crippen MR) is 102 cm³/mol. The van der Waals surface area contributed by atoms with Crippen molar-refractivity contribution in [3.8, 4) is 11.5 Å². The van der Waals surface area contributed by atoms with Gasteiger partial charge in [-0.3, -0.25) is 10.1 Å². The van der Waals surface area contributed by atoms with Crippen LogP contribution in [0.4, 0.5) is 0 Å². The average molecular weight is 352 g/mol. The molecule has 0 spiro atoms. The first kappa shape index (κ1) is 17.9. The molecule has 1 heterocycles. The normalized spacial score (nSPS) is 12.5. The SMILES string of the molecule is CC(C)n1c(CN[C@@H](C)C(N)=O)nc2ccc(Oc3ccccc3)cc21. The van der Waals surface area contributed by atoms with Gasteiger partial charge in [0, 0.05) is 12.1 Å². The molecule has 0 saturated heterocycles. The lowest BCUT2D eigenvalue weighted by molar-refractivity contribution is -0.119. The number of carbonyl (C=O) groups is 1. The van der Waals surface area contributed by atoms with Crippen molar-refractivity contribution in [1.29, 1.82) is 0 Å². The number of benzene rings is 2. The van der Waals surface area contributed by atoms with Crippen LogP contribution in [0.15, 0.2) is 48.5 Å². The molecular formula is C20H24N4O2. The van der Waals surface area contributed by atoms with Crippen molar-refractivity contribution in [2.45, 2.75) is 39.4 Å². The van der Waals surface area contributed by atoms with Gasteiger partial charge in [0.1, 0.15) is 17.3 Å². The van der Waals surface area contributed by atoms with Gasteiger partial charge < -0.3 is 15.0 Å². The van der Waals surface area contributed by atoms with Gasteiger partial charge >= 0.3 is 0 Å². The second kappa shape index (κ2) is 7.58. The molecule has 0 aliphatic rings. The highest BCUT2D eigenvalue weighted by Gasteiger charge is 2.16. The number of rotatable bonds is 7. The minimum absolute atomic E-state index is 0.215. The number of hydrogen-bond acceptors (Lipinski definition) is 4. The summed E-state index contributed by atoms with van der Waals surface area (Å²) in [6, 6.07) is 15.3. The maximum absolute atomic E-state index is 11.2. The fourth-order valence-electron chi connectivity index (χ4n) is 2.86. The van der Waals surface area contributed by atoms with E-state index in [0.29, 0.717) is 6.54 Å². The van der Waals surface area contributed by atoms with Gasteiger partial charge in [0.2, 0.25) is 5.91 Å². The summed E-state index contributed by atoms with van der Waals surface area (Å²) in [5.74, 6) is 2.03. The zero-order valence-electron chi connectivity index (χ0n) is 15.3. The highest BCUT2D eigenvalue weighted by molar-refractivity contribution is 5.79. The van der Waals surface area contributed by atoms with Gasteiger partial charge in [-0.05, 0) is 45.0 Å². The molecule has 2 aromatic carbocycles. The average Bonchev–Trinajstić information content (AvgIpc) is 2.98. The molecule has 0 radical (unpaired) electrons. The van der Waals surface area contributed by atoms with Crippen molar-refractivity contribution in [3.05, 3.63) is 54.4 Å². The Balaban J connectivity index is 1.92. The number of para-hydroxylation sites is 1. The van der Waals surface area contributed by atoms with E-state index in [4.69, 9.17) is 15.5 Å². The molecule has 1 aromatic heterocycles. The Morgan fingerprint density at radius 2 is 1.88 bits per heavy atom. The number of carbonyl (C=O) groups excluding carboxylic acids is 1. The first-order chi connectivity index (χ1) is 12.5. The topological polar surface area (TPSA) is 82.2 Å². The van der Waals surface area contributed by atoms with Crippen LogP contribution in [-0.4, -0.2) is 21.5 Å². The third kappa shape index (κ3) is 3.86. The molecule has 6 heteroatoms. The molecule has 0 bridgehead atoms. The summed E-state index contributed by atoms with van der Waals surface area (Å²) in [4.78, 5) is 16.0. The van der Waals surface area contributed by atoms with Crippen LogP contribution in [-0.2, 0) is 11.3 Å². The van der Waals surface area contributed by atoms with E-state index in [2.05, 4.69) is 23.7 Å². The minimum Gasteiger partial charge on any atom is -0.457 e. The standard InChI is InChI=1S/C20H24N4O2/c1-13(2)24-18-11-16(26-15-7-5-4-6-8-15)9-10-17(18)23-19(24)12-22-14(3)20(21)25/h4-11,13-14,22H,12H2,1-3H3,(H2,21,25)/t14-/m0/s1. The lowest BCUT2D eigenvalue weighted by atomic mass is 10.2. The molecule has 3 rings (SSSR count). The molecule has 1 atom stereocenters. The van der Waals surface area contributed by atoms with Crippen molar-refractivity contribution in [3.63, 3.8) is 0 Å². The molecule has 0 fully saturated rings. The molecule has 0 unspecified atom stereocenters.